The second-order valence-corrected chi connectivity index (χ2v) is 4.61. The third kappa shape index (κ3) is 7.33. The number of ether oxygens (including phenoxy) is 1. The summed E-state index contributed by atoms with van der Waals surface area (Å²) >= 11 is 0. The molecule has 1 saturated heterocycles. The van der Waals surface area contributed by atoms with Gasteiger partial charge in [0.25, 0.3) is 0 Å². The van der Waals surface area contributed by atoms with Crippen LogP contribution in [0.1, 0.15) is 33.6 Å². The number of hydrogen-bond donors (Lipinski definition) is 0. The summed E-state index contributed by atoms with van der Waals surface area (Å²) in [7, 11) is 0. The van der Waals surface area contributed by atoms with Crippen LogP contribution in [0.3, 0.4) is 0 Å². The van der Waals surface area contributed by atoms with E-state index in [9.17, 15) is 9.59 Å². The highest BCUT2D eigenvalue weighted by molar-refractivity contribution is 5.81. The molecule has 0 spiro atoms. The summed E-state index contributed by atoms with van der Waals surface area (Å²) in [6, 6.07) is 0. The lowest BCUT2D eigenvalue weighted by Gasteiger charge is -2.17. The third-order valence-electron chi connectivity index (χ3n) is 1.90. The molecule has 0 bridgehead atoms. The van der Waals surface area contributed by atoms with Crippen LogP contribution in [0.15, 0.2) is 25.4 Å². The lowest BCUT2D eigenvalue weighted by atomic mass is 10.2. The molecule has 1 amide bonds. The van der Waals surface area contributed by atoms with Crippen LogP contribution in [0.2, 0.25) is 0 Å². The largest absolute Gasteiger partial charge is 0.457 e. The molecule has 0 saturated carbocycles. The second kappa shape index (κ2) is 6.89. The second-order valence-electron chi connectivity index (χ2n) is 4.61. The van der Waals surface area contributed by atoms with Crippen molar-refractivity contribution in [3.8, 4) is 0 Å². The molecule has 1 fully saturated rings. The molecule has 0 N–H and O–H groups in total. The summed E-state index contributed by atoms with van der Waals surface area (Å²) in [5.74, 6) is -0.164. The number of rotatable bonds is 2. The summed E-state index contributed by atoms with van der Waals surface area (Å²) in [6.07, 6.45) is 4.44. The maximum atomic E-state index is 10.7. The first-order chi connectivity index (χ1) is 7.80. The Bertz CT molecular complexity index is 302. The number of esters is 1. The zero-order valence-corrected chi connectivity index (χ0v) is 10.9. The van der Waals surface area contributed by atoms with E-state index < -0.39 is 5.60 Å². The van der Waals surface area contributed by atoms with Gasteiger partial charge in [-0.1, -0.05) is 13.2 Å². The molecular weight excluding hydrogens is 218 g/mol. The predicted molar refractivity (Wildman–Crippen MR) is 67.2 cm³/mol. The van der Waals surface area contributed by atoms with E-state index in [1.807, 2.05) is 20.8 Å². The van der Waals surface area contributed by atoms with E-state index in [1.54, 1.807) is 11.1 Å². The van der Waals surface area contributed by atoms with Gasteiger partial charge in [0, 0.05) is 19.0 Å². The molecule has 0 aliphatic carbocycles. The van der Waals surface area contributed by atoms with E-state index in [2.05, 4.69) is 13.2 Å². The molecule has 0 aromatic rings. The molecule has 1 heterocycles. The van der Waals surface area contributed by atoms with Crippen LogP contribution < -0.4 is 0 Å². The Morgan fingerprint density at radius 3 is 2.18 bits per heavy atom. The van der Waals surface area contributed by atoms with E-state index in [4.69, 9.17) is 4.74 Å². The topological polar surface area (TPSA) is 46.6 Å². The van der Waals surface area contributed by atoms with Gasteiger partial charge in [-0.25, -0.2) is 4.79 Å². The van der Waals surface area contributed by atoms with Gasteiger partial charge in [0.05, 0.1) is 0 Å². The number of likely N-dealkylation sites (tertiary alicyclic amines) is 1. The van der Waals surface area contributed by atoms with Crippen molar-refractivity contribution in [3.05, 3.63) is 25.4 Å². The minimum absolute atomic E-state index is 0.208. The highest BCUT2D eigenvalue weighted by Gasteiger charge is 2.16. The average Bonchev–Trinajstić information content (AvgIpc) is 2.62. The number of hydrogen-bond acceptors (Lipinski definition) is 3. The van der Waals surface area contributed by atoms with Crippen molar-refractivity contribution in [1.82, 2.24) is 4.90 Å². The summed E-state index contributed by atoms with van der Waals surface area (Å²) in [5.41, 5.74) is -0.398. The zero-order valence-electron chi connectivity index (χ0n) is 10.9. The molecular formula is C13H21NO3. The van der Waals surface area contributed by atoms with Crippen molar-refractivity contribution in [2.45, 2.75) is 39.2 Å². The molecule has 1 rings (SSSR count). The maximum absolute atomic E-state index is 10.7. The molecule has 1 aliphatic rings. The van der Waals surface area contributed by atoms with Crippen LogP contribution in [-0.2, 0) is 14.3 Å². The standard InChI is InChI=1S/C7H12O2.C6H9NO/c1-5-6(8)9-7(2,3)4;1-2-7-5-3-4-6(7)8/h5H,1H2,2-4H3;2H,1,3-5H2. The van der Waals surface area contributed by atoms with Crippen LogP contribution in [0.25, 0.3) is 0 Å². The Hall–Kier alpha value is -1.58. The van der Waals surface area contributed by atoms with Gasteiger partial charge in [-0.2, -0.15) is 0 Å². The van der Waals surface area contributed by atoms with E-state index >= 15 is 0 Å². The first-order valence-electron chi connectivity index (χ1n) is 5.57. The van der Waals surface area contributed by atoms with Crippen LogP contribution in [0, 0.1) is 0 Å². The van der Waals surface area contributed by atoms with Crippen molar-refractivity contribution in [3.63, 3.8) is 0 Å². The number of amides is 1. The normalized spacial score (nSPS) is 14.8. The lowest BCUT2D eigenvalue weighted by Crippen LogP contribution is -2.22. The lowest BCUT2D eigenvalue weighted by molar-refractivity contribution is -0.148. The van der Waals surface area contributed by atoms with E-state index in [0.717, 1.165) is 19.0 Å². The fraction of sp³-hybridized carbons (Fsp3) is 0.538. The summed E-state index contributed by atoms with van der Waals surface area (Å²) in [5, 5.41) is 0. The fourth-order valence-corrected chi connectivity index (χ4v) is 1.21. The van der Waals surface area contributed by atoms with Crippen LogP contribution in [-0.4, -0.2) is 28.9 Å². The average molecular weight is 239 g/mol. The van der Waals surface area contributed by atoms with Crippen molar-refractivity contribution < 1.29 is 14.3 Å². The monoisotopic (exact) mass is 239 g/mol. The highest BCUT2D eigenvalue weighted by atomic mass is 16.6. The van der Waals surface area contributed by atoms with Crippen molar-refractivity contribution in [2.75, 3.05) is 6.54 Å². The Kier molecular flexibility index (Phi) is 6.25. The van der Waals surface area contributed by atoms with Crippen molar-refractivity contribution in [1.29, 1.82) is 0 Å². The molecule has 96 valence electrons. The highest BCUT2D eigenvalue weighted by Crippen LogP contribution is 2.08. The van der Waals surface area contributed by atoms with Gasteiger partial charge >= 0.3 is 5.97 Å². The fourth-order valence-electron chi connectivity index (χ4n) is 1.21. The molecule has 1 aliphatic heterocycles. The summed E-state index contributed by atoms with van der Waals surface area (Å²) in [6.45, 7) is 13.1. The van der Waals surface area contributed by atoms with E-state index in [1.165, 1.54) is 0 Å². The molecule has 0 atom stereocenters. The molecule has 4 nitrogen and oxygen atoms in total. The van der Waals surface area contributed by atoms with Gasteiger partial charge in [-0.3, -0.25) is 4.79 Å². The minimum atomic E-state index is -0.398. The van der Waals surface area contributed by atoms with Crippen molar-refractivity contribution in [2.24, 2.45) is 0 Å². The number of carbonyl (C=O) groups is 2. The Balaban J connectivity index is 0.000000302. The van der Waals surface area contributed by atoms with Crippen LogP contribution in [0.5, 0.6) is 0 Å². The van der Waals surface area contributed by atoms with Crippen LogP contribution >= 0.6 is 0 Å². The van der Waals surface area contributed by atoms with Crippen LogP contribution in [0.4, 0.5) is 0 Å². The van der Waals surface area contributed by atoms with Gasteiger partial charge in [-0.05, 0) is 33.4 Å². The number of nitrogens with zero attached hydrogens (tertiary/aromatic N) is 1. The maximum Gasteiger partial charge on any atom is 0.330 e. The quantitative estimate of drug-likeness (QED) is 0.548. The predicted octanol–water partition coefficient (Wildman–Crippen LogP) is 2.27. The smallest absolute Gasteiger partial charge is 0.330 e. The zero-order chi connectivity index (χ0) is 13.5. The van der Waals surface area contributed by atoms with Gasteiger partial charge in [-0.15, -0.1) is 0 Å². The van der Waals surface area contributed by atoms with Gasteiger partial charge < -0.3 is 9.64 Å². The Morgan fingerprint density at radius 2 is 2.00 bits per heavy atom. The van der Waals surface area contributed by atoms with E-state index in [0.29, 0.717) is 6.42 Å². The number of carbonyl (C=O) groups excluding carboxylic acids is 2. The molecule has 0 unspecified atom stereocenters. The Labute approximate surface area is 103 Å². The molecule has 0 aromatic heterocycles. The van der Waals surface area contributed by atoms with Gasteiger partial charge in [0.2, 0.25) is 5.91 Å². The molecule has 4 heteroatoms. The SMILES string of the molecule is C=CC(=O)OC(C)(C)C.C=CN1CCCC1=O. The molecule has 0 aromatic carbocycles. The summed E-state index contributed by atoms with van der Waals surface area (Å²) in [4.78, 5) is 22.8. The third-order valence-corrected chi connectivity index (χ3v) is 1.90. The van der Waals surface area contributed by atoms with E-state index in [-0.39, 0.29) is 11.9 Å². The minimum Gasteiger partial charge on any atom is -0.457 e. The summed E-state index contributed by atoms with van der Waals surface area (Å²) < 4.78 is 4.83. The first kappa shape index (κ1) is 15.4. The first-order valence-corrected chi connectivity index (χ1v) is 5.57. The Morgan fingerprint density at radius 1 is 1.41 bits per heavy atom. The van der Waals surface area contributed by atoms with Gasteiger partial charge in [0.15, 0.2) is 0 Å². The molecule has 17 heavy (non-hydrogen) atoms. The van der Waals surface area contributed by atoms with Crippen molar-refractivity contribution >= 4 is 11.9 Å². The molecule has 0 radical (unpaired) electrons. The van der Waals surface area contributed by atoms with Gasteiger partial charge in [0.1, 0.15) is 5.60 Å².